The van der Waals surface area contributed by atoms with Gasteiger partial charge in [0.05, 0.1) is 97.1 Å². The Hall–Kier alpha value is -0.600. The summed E-state index contributed by atoms with van der Waals surface area (Å²) in [5.74, 6) is 0. The second-order valence-corrected chi connectivity index (χ2v) is 9.71. The Morgan fingerprint density at radius 1 is 0.452 bits per heavy atom. The first-order valence-electron chi connectivity index (χ1n) is 14.8. The Bertz CT molecular complexity index is 541. The van der Waals surface area contributed by atoms with Crippen LogP contribution in [0.1, 0.15) is 26.2 Å². The summed E-state index contributed by atoms with van der Waals surface area (Å²) >= 11 is 0. The lowest BCUT2D eigenvalue weighted by atomic mass is 10.0. The average molecular weight is 620 g/mol. The van der Waals surface area contributed by atoms with Gasteiger partial charge >= 0.3 is 0 Å². The Morgan fingerprint density at radius 2 is 0.762 bits per heavy atom. The standard InChI is InChI=1S/C27H57NO14/c1-2-8-37-10-12-39-14-16-41-18-19-42-17-15-40-13-11-38-9-5-28(20-24(33)26(35)22(31)3-6-29)21-25(34)27(36)23(32)4-7-30/h22-27,29-36H,2-21H2,1H3. The lowest BCUT2D eigenvalue weighted by Crippen LogP contribution is -2.50. The minimum Gasteiger partial charge on any atom is -0.396 e. The number of nitrogens with zero attached hydrogens (tertiary/aromatic N) is 1. The number of hydrogen-bond acceptors (Lipinski definition) is 15. The van der Waals surface area contributed by atoms with Crippen LogP contribution in [0.5, 0.6) is 0 Å². The van der Waals surface area contributed by atoms with Crippen LogP contribution < -0.4 is 0 Å². The van der Waals surface area contributed by atoms with Crippen molar-refractivity contribution in [3.63, 3.8) is 0 Å². The van der Waals surface area contributed by atoms with Crippen LogP contribution in [0.3, 0.4) is 0 Å². The molecular formula is C27H57NO14. The minimum absolute atomic E-state index is 0.125. The molecule has 0 amide bonds. The van der Waals surface area contributed by atoms with Gasteiger partial charge in [-0.15, -0.1) is 0 Å². The van der Waals surface area contributed by atoms with Crippen LogP contribution in [0.4, 0.5) is 0 Å². The SMILES string of the molecule is CCCOCCOCCOCCOCCOCCOCCN(CC(O)C(O)C(O)CCO)CC(O)C(O)C(O)CCO. The van der Waals surface area contributed by atoms with Crippen molar-refractivity contribution in [3.8, 4) is 0 Å². The fraction of sp³-hybridized carbons (Fsp3) is 1.00. The maximum atomic E-state index is 10.3. The zero-order chi connectivity index (χ0) is 31.4. The molecule has 0 radical (unpaired) electrons. The molecule has 0 rings (SSSR count). The largest absolute Gasteiger partial charge is 0.396 e. The highest BCUT2D eigenvalue weighted by molar-refractivity contribution is 4.82. The fourth-order valence-electron chi connectivity index (χ4n) is 3.66. The van der Waals surface area contributed by atoms with Crippen molar-refractivity contribution in [3.05, 3.63) is 0 Å². The van der Waals surface area contributed by atoms with Crippen molar-refractivity contribution >= 4 is 0 Å². The molecule has 0 aromatic heterocycles. The molecule has 0 aromatic rings. The molecule has 15 nitrogen and oxygen atoms in total. The highest BCUT2D eigenvalue weighted by Gasteiger charge is 2.30. The van der Waals surface area contributed by atoms with Crippen molar-refractivity contribution in [2.24, 2.45) is 0 Å². The Balaban J connectivity index is 4.12. The Labute approximate surface area is 249 Å². The van der Waals surface area contributed by atoms with E-state index in [2.05, 4.69) is 6.92 Å². The Kier molecular flexibility index (Phi) is 28.7. The van der Waals surface area contributed by atoms with Crippen LogP contribution in [0.2, 0.25) is 0 Å². The molecule has 15 heteroatoms. The lowest BCUT2D eigenvalue weighted by molar-refractivity contribution is -0.0945. The molecule has 0 fully saturated rings. The summed E-state index contributed by atoms with van der Waals surface area (Å²) in [6.45, 7) is 6.37. The van der Waals surface area contributed by atoms with Gasteiger partial charge in [0.15, 0.2) is 0 Å². The lowest BCUT2D eigenvalue weighted by Gasteiger charge is -2.32. The molecular weight excluding hydrogens is 562 g/mol. The van der Waals surface area contributed by atoms with E-state index in [1.165, 1.54) is 4.90 Å². The second kappa shape index (κ2) is 29.1. The second-order valence-electron chi connectivity index (χ2n) is 9.71. The highest BCUT2D eigenvalue weighted by atomic mass is 16.6. The van der Waals surface area contributed by atoms with E-state index in [-0.39, 0.29) is 58.9 Å². The first-order valence-corrected chi connectivity index (χ1v) is 14.8. The zero-order valence-electron chi connectivity index (χ0n) is 25.1. The summed E-state index contributed by atoms with van der Waals surface area (Å²) in [6, 6.07) is 0. The van der Waals surface area contributed by atoms with E-state index >= 15 is 0 Å². The van der Waals surface area contributed by atoms with Gasteiger partial charge in [-0.3, -0.25) is 4.90 Å². The van der Waals surface area contributed by atoms with E-state index in [1.54, 1.807) is 0 Å². The molecule has 0 aliphatic rings. The Morgan fingerprint density at radius 3 is 1.07 bits per heavy atom. The minimum atomic E-state index is -1.54. The van der Waals surface area contributed by atoms with Gasteiger partial charge in [-0.2, -0.15) is 0 Å². The van der Waals surface area contributed by atoms with Crippen LogP contribution in [0, 0.1) is 0 Å². The summed E-state index contributed by atoms with van der Waals surface area (Å²) < 4.78 is 32.5. The quantitative estimate of drug-likeness (QED) is 0.0346. The van der Waals surface area contributed by atoms with Crippen LogP contribution in [0.25, 0.3) is 0 Å². The molecule has 6 atom stereocenters. The van der Waals surface area contributed by atoms with E-state index in [0.29, 0.717) is 59.5 Å². The van der Waals surface area contributed by atoms with E-state index in [9.17, 15) is 30.6 Å². The predicted octanol–water partition coefficient (Wildman–Crippen LogP) is -3.27. The third-order valence-corrected chi connectivity index (χ3v) is 6.08. The van der Waals surface area contributed by atoms with Crippen LogP contribution in [-0.2, 0) is 28.4 Å². The van der Waals surface area contributed by atoms with Crippen molar-refractivity contribution in [2.75, 3.05) is 112 Å². The van der Waals surface area contributed by atoms with Crippen LogP contribution in [0.15, 0.2) is 0 Å². The zero-order valence-corrected chi connectivity index (χ0v) is 25.1. The van der Waals surface area contributed by atoms with Gasteiger partial charge in [0.25, 0.3) is 0 Å². The smallest absolute Gasteiger partial charge is 0.107 e. The topological polar surface area (TPSA) is 220 Å². The van der Waals surface area contributed by atoms with Crippen LogP contribution in [-0.4, -0.2) is 195 Å². The summed E-state index contributed by atoms with van der Waals surface area (Å²) in [7, 11) is 0. The van der Waals surface area contributed by atoms with Gasteiger partial charge in [-0.1, -0.05) is 6.92 Å². The van der Waals surface area contributed by atoms with Gasteiger partial charge in [0.2, 0.25) is 0 Å². The van der Waals surface area contributed by atoms with Gasteiger partial charge < -0.3 is 69.3 Å². The number of ether oxygens (including phenoxy) is 6. The third kappa shape index (κ3) is 22.9. The molecule has 0 spiro atoms. The van der Waals surface area contributed by atoms with Gasteiger partial charge in [-0.25, -0.2) is 0 Å². The van der Waals surface area contributed by atoms with Crippen molar-refractivity contribution in [2.45, 2.75) is 62.8 Å². The van der Waals surface area contributed by atoms with E-state index in [0.717, 1.165) is 13.0 Å². The van der Waals surface area contributed by atoms with Gasteiger partial charge in [-0.05, 0) is 19.3 Å². The van der Waals surface area contributed by atoms with Crippen molar-refractivity contribution < 1.29 is 69.3 Å². The summed E-state index contributed by atoms with van der Waals surface area (Å²) in [4.78, 5) is 1.50. The maximum Gasteiger partial charge on any atom is 0.107 e. The van der Waals surface area contributed by atoms with Crippen molar-refractivity contribution in [1.82, 2.24) is 4.90 Å². The number of aliphatic hydroxyl groups excluding tert-OH is 8. The van der Waals surface area contributed by atoms with E-state index in [4.69, 9.17) is 38.6 Å². The molecule has 0 bridgehead atoms. The molecule has 0 saturated heterocycles. The molecule has 0 heterocycles. The van der Waals surface area contributed by atoms with Crippen molar-refractivity contribution in [1.29, 1.82) is 0 Å². The van der Waals surface area contributed by atoms with Crippen LogP contribution >= 0.6 is 0 Å². The summed E-state index contributed by atoms with van der Waals surface area (Å²) in [5, 5.41) is 78.5. The molecule has 0 saturated carbocycles. The van der Waals surface area contributed by atoms with E-state index < -0.39 is 36.6 Å². The average Bonchev–Trinajstić information content (AvgIpc) is 2.97. The maximum absolute atomic E-state index is 10.3. The van der Waals surface area contributed by atoms with Gasteiger partial charge in [0.1, 0.15) is 12.2 Å². The molecule has 254 valence electrons. The summed E-state index contributed by atoms with van der Waals surface area (Å²) in [6.07, 6.45) is -7.88. The normalized spacial score (nSPS) is 16.4. The molecule has 0 aliphatic carbocycles. The molecule has 0 aromatic carbocycles. The third-order valence-electron chi connectivity index (χ3n) is 6.08. The summed E-state index contributed by atoms with van der Waals surface area (Å²) in [5.41, 5.74) is 0. The molecule has 42 heavy (non-hydrogen) atoms. The fourth-order valence-corrected chi connectivity index (χ4v) is 3.66. The highest BCUT2D eigenvalue weighted by Crippen LogP contribution is 2.10. The molecule has 6 unspecified atom stereocenters. The predicted molar refractivity (Wildman–Crippen MR) is 151 cm³/mol. The monoisotopic (exact) mass is 619 g/mol. The number of hydrogen-bond donors (Lipinski definition) is 8. The van der Waals surface area contributed by atoms with E-state index in [1.807, 2.05) is 0 Å². The molecule has 0 aliphatic heterocycles. The first-order chi connectivity index (χ1) is 20.3. The number of aliphatic hydroxyl groups is 8. The number of rotatable bonds is 32. The molecule has 8 N–H and O–H groups in total. The van der Waals surface area contributed by atoms with Gasteiger partial charge in [0, 0.05) is 39.5 Å². The first kappa shape index (κ1) is 41.4.